The molecule has 1 aromatic heterocycles. The Morgan fingerprint density at radius 1 is 1.33 bits per heavy atom. The second kappa shape index (κ2) is 5.33. The molecule has 5 heteroatoms. The molecule has 0 bridgehead atoms. The van der Waals surface area contributed by atoms with Gasteiger partial charge in [0.05, 0.1) is 23.0 Å². The summed E-state index contributed by atoms with van der Waals surface area (Å²) in [5, 5.41) is 9.31. The predicted octanol–water partition coefficient (Wildman–Crippen LogP) is 3.72. The van der Waals surface area contributed by atoms with E-state index in [1.165, 1.54) is 18.3 Å². The van der Waals surface area contributed by atoms with Crippen LogP contribution in [0.5, 0.6) is 11.5 Å². The van der Waals surface area contributed by atoms with Crippen molar-refractivity contribution in [2.75, 3.05) is 0 Å². The largest absolute Gasteiger partial charge is 0.453 e. The van der Waals surface area contributed by atoms with Crippen LogP contribution in [0.1, 0.15) is 18.7 Å². The highest BCUT2D eigenvalue weighted by Gasteiger charge is 2.09. The van der Waals surface area contributed by atoms with E-state index in [9.17, 15) is 9.50 Å². The maximum Gasteiger partial charge on any atom is 0.184 e. The molecule has 0 fully saturated rings. The summed E-state index contributed by atoms with van der Waals surface area (Å²) in [6.45, 7) is 1.61. The molecular formula is C13H11ClFNO2. The number of ether oxygens (including phenoxy) is 1. The predicted molar refractivity (Wildman–Crippen MR) is 66.4 cm³/mol. The van der Waals surface area contributed by atoms with Crippen molar-refractivity contribution in [3.05, 3.63) is 53.1 Å². The van der Waals surface area contributed by atoms with Gasteiger partial charge in [0.15, 0.2) is 11.6 Å². The van der Waals surface area contributed by atoms with Gasteiger partial charge in [-0.25, -0.2) is 4.39 Å². The number of aliphatic hydroxyl groups excluding tert-OH is 1. The Hall–Kier alpha value is -1.65. The zero-order chi connectivity index (χ0) is 13.1. The van der Waals surface area contributed by atoms with Crippen LogP contribution in [-0.4, -0.2) is 10.1 Å². The fraction of sp³-hybridized carbons (Fsp3) is 0.154. The van der Waals surface area contributed by atoms with Crippen LogP contribution >= 0.6 is 11.6 Å². The fourth-order valence-electron chi connectivity index (χ4n) is 1.39. The van der Waals surface area contributed by atoms with Crippen molar-refractivity contribution in [2.45, 2.75) is 13.0 Å². The van der Waals surface area contributed by atoms with Crippen molar-refractivity contribution in [1.82, 2.24) is 4.98 Å². The third kappa shape index (κ3) is 2.78. The highest BCUT2D eigenvalue weighted by atomic mass is 35.5. The van der Waals surface area contributed by atoms with Crippen LogP contribution in [0.15, 0.2) is 36.5 Å². The molecule has 0 aliphatic rings. The van der Waals surface area contributed by atoms with Gasteiger partial charge in [-0.15, -0.1) is 0 Å². The summed E-state index contributed by atoms with van der Waals surface area (Å²) in [6.07, 6.45) is 0.768. The molecule has 0 amide bonds. The third-order valence-corrected chi connectivity index (χ3v) is 2.62. The van der Waals surface area contributed by atoms with Gasteiger partial charge >= 0.3 is 0 Å². The first-order valence-electron chi connectivity index (χ1n) is 5.34. The standard InChI is InChI=1S/C13H11ClFNO2/c1-8(17)11-6-5-9(7-16-11)18-12-4-2-3-10(14)13(12)15/h2-8,17H,1H3/t8-/m1/s1. The topological polar surface area (TPSA) is 42.4 Å². The van der Waals surface area contributed by atoms with Crippen molar-refractivity contribution >= 4 is 11.6 Å². The van der Waals surface area contributed by atoms with Gasteiger partial charge in [-0.05, 0) is 31.2 Å². The van der Waals surface area contributed by atoms with Crippen molar-refractivity contribution in [2.24, 2.45) is 0 Å². The lowest BCUT2D eigenvalue weighted by molar-refractivity contribution is 0.194. The molecule has 3 nitrogen and oxygen atoms in total. The van der Waals surface area contributed by atoms with E-state index in [4.69, 9.17) is 16.3 Å². The maximum absolute atomic E-state index is 13.6. The average Bonchev–Trinajstić information content (AvgIpc) is 2.36. The lowest BCUT2D eigenvalue weighted by Crippen LogP contribution is -1.95. The number of aromatic nitrogens is 1. The van der Waals surface area contributed by atoms with E-state index in [-0.39, 0.29) is 10.8 Å². The van der Waals surface area contributed by atoms with Crippen LogP contribution in [0.3, 0.4) is 0 Å². The van der Waals surface area contributed by atoms with E-state index in [1.54, 1.807) is 25.1 Å². The molecule has 2 rings (SSSR count). The summed E-state index contributed by atoms with van der Waals surface area (Å²) >= 11 is 5.64. The number of halogens is 2. The van der Waals surface area contributed by atoms with Gasteiger partial charge < -0.3 is 9.84 Å². The first-order valence-corrected chi connectivity index (χ1v) is 5.71. The summed E-state index contributed by atoms with van der Waals surface area (Å²) in [6, 6.07) is 7.73. The summed E-state index contributed by atoms with van der Waals surface area (Å²) in [4.78, 5) is 4.00. The number of nitrogens with zero attached hydrogens (tertiary/aromatic N) is 1. The molecule has 1 N–H and O–H groups in total. The van der Waals surface area contributed by atoms with Crippen LogP contribution in [0.2, 0.25) is 5.02 Å². The number of hydrogen-bond acceptors (Lipinski definition) is 3. The van der Waals surface area contributed by atoms with Gasteiger partial charge in [0, 0.05) is 0 Å². The van der Waals surface area contributed by atoms with E-state index in [2.05, 4.69) is 4.98 Å². The summed E-state index contributed by atoms with van der Waals surface area (Å²) < 4.78 is 18.9. The molecule has 2 aromatic rings. The molecule has 94 valence electrons. The minimum atomic E-state index is -0.651. The zero-order valence-corrected chi connectivity index (χ0v) is 10.4. The molecular weight excluding hydrogens is 257 g/mol. The minimum absolute atomic E-state index is 0.000981. The smallest absolute Gasteiger partial charge is 0.184 e. The van der Waals surface area contributed by atoms with Crippen molar-refractivity contribution in [3.8, 4) is 11.5 Å². The zero-order valence-electron chi connectivity index (χ0n) is 9.60. The second-order valence-electron chi connectivity index (χ2n) is 3.75. The van der Waals surface area contributed by atoms with Crippen molar-refractivity contribution < 1.29 is 14.2 Å². The highest BCUT2D eigenvalue weighted by molar-refractivity contribution is 6.30. The third-order valence-electron chi connectivity index (χ3n) is 2.33. The van der Waals surface area contributed by atoms with E-state index < -0.39 is 11.9 Å². The maximum atomic E-state index is 13.6. The Labute approximate surface area is 109 Å². The number of pyridine rings is 1. The van der Waals surface area contributed by atoms with Crippen LogP contribution in [0, 0.1) is 5.82 Å². The fourth-order valence-corrected chi connectivity index (χ4v) is 1.55. The highest BCUT2D eigenvalue weighted by Crippen LogP contribution is 2.28. The Morgan fingerprint density at radius 3 is 2.72 bits per heavy atom. The average molecular weight is 268 g/mol. The summed E-state index contributed by atoms with van der Waals surface area (Å²) in [5.74, 6) is -0.201. The van der Waals surface area contributed by atoms with Crippen LogP contribution in [0.4, 0.5) is 4.39 Å². The molecule has 18 heavy (non-hydrogen) atoms. The number of rotatable bonds is 3. The molecule has 0 saturated heterocycles. The number of aliphatic hydroxyl groups is 1. The number of hydrogen-bond donors (Lipinski definition) is 1. The van der Waals surface area contributed by atoms with E-state index in [0.717, 1.165) is 0 Å². The Kier molecular flexibility index (Phi) is 3.79. The number of benzene rings is 1. The molecule has 0 aliphatic heterocycles. The summed E-state index contributed by atoms with van der Waals surface area (Å²) in [5.41, 5.74) is 0.522. The van der Waals surface area contributed by atoms with Gasteiger partial charge in [-0.2, -0.15) is 0 Å². The first-order chi connectivity index (χ1) is 8.58. The lowest BCUT2D eigenvalue weighted by Gasteiger charge is -2.08. The van der Waals surface area contributed by atoms with Gasteiger partial charge in [0.1, 0.15) is 5.75 Å². The molecule has 0 saturated carbocycles. The van der Waals surface area contributed by atoms with E-state index in [1.807, 2.05) is 0 Å². The Morgan fingerprint density at radius 2 is 2.11 bits per heavy atom. The quantitative estimate of drug-likeness (QED) is 0.922. The van der Waals surface area contributed by atoms with Gasteiger partial charge in [-0.1, -0.05) is 17.7 Å². The van der Waals surface area contributed by atoms with Gasteiger partial charge in [0.2, 0.25) is 0 Å². The summed E-state index contributed by atoms with van der Waals surface area (Å²) in [7, 11) is 0. The van der Waals surface area contributed by atoms with Crippen LogP contribution in [-0.2, 0) is 0 Å². The van der Waals surface area contributed by atoms with E-state index in [0.29, 0.717) is 11.4 Å². The van der Waals surface area contributed by atoms with Crippen molar-refractivity contribution in [3.63, 3.8) is 0 Å². The molecule has 1 heterocycles. The Bertz CT molecular complexity index is 543. The van der Waals surface area contributed by atoms with E-state index >= 15 is 0 Å². The van der Waals surface area contributed by atoms with Gasteiger partial charge in [0.25, 0.3) is 0 Å². The molecule has 0 radical (unpaired) electrons. The van der Waals surface area contributed by atoms with Crippen LogP contribution < -0.4 is 4.74 Å². The normalized spacial score (nSPS) is 12.2. The SMILES string of the molecule is C[C@@H](O)c1ccc(Oc2cccc(Cl)c2F)cn1. The molecule has 0 aliphatic carbocycles. The molecule has 1 atom stereocenters. The molecule has 1 aromatic carbocycles. The minimum Gasteiger partial charge on any atom is -0.453 e. The molecule has 0 spiro atoms. The van der Waals surface area contributed by atoms with Gasteiger partial charge in [-0.3, -0.25) is 4.98 Å². The first kappa shape index (κ1) is 12.8. The second-order valence-corrected chi connectivity index (χ2v) is 4.16. The monoisotopic (exact) mass is 267 g/mol. The molecule has 0 unspecified atom stereocenters. The lowest BCUT2D eigenvalue weighted by atomic mass is 10.2. The van der Waals surface area contributed by atoms with Crippen molar-refractivity contribution in [1.29, 1.82) is 0 Å². The Balaban J connectivity index is 2.21. The van der Waals surface area contributed by atoms with Crippen LogP contribution in [0.25, 0.3) is 0 Å².